The lowest BCUT2D eigenvalue weighted by molar-refractivity contribution is -0.144. The zero-order valence-electron chi connectivity index (χ0n) is 17.6. The predicted molar refractivity (Wildman–Crippen MR) is 120 cm³/mol. The van der Waals surface area contributed by atoms with Crippen LogP contribution in [-0.2, 0) is 17.8 Å². The van der Waals surface area contributed by atoms with E-state index >= 15 is 0 Å². The van der Waals surface area contributed by atoms with Crippen LogP contribution in [0.4, 0.5) is 0 Å². The number of ether oxygens (including phenoxy) is 1. The predicted octanol–water partition coefficient (Wildman–Crippen LogP) is 4.74. The van der Waals surface area contributed by atoms with Gasteiger partial charge >= 0.3 is 5.97 Å². The number of nitrogens with zero attached hydrogens (tertiary/aromatic N) is 2. The number of aromatic nitrogens is 1. The van der Waals surface area contributed by atoms with E-state index in [-0.39, 0.29) is 12.0 Å². The third-order valence-corrected chi connectivity index (χ3v) is 5.86. The molecule has 0 amide bonds. The molecule has 0 bridgehead atoms. The molecule has 1 fully saturated rings. The van der Waals surface area contributed by atoms with Crippen LogP contribution in [0.5, 0.6) is 5.75 Å². The summed E-state index contributed by atoms with van der Waals surface area (Å²) in [7, 11) is 0. The maximum absolute atomic E-state index is 11.6. The van der Waals surface area contributed by atoms with Crippen molar-refractivity contribution in [3.05, 3.63) is 95.8 Å². The fraction of sp³-hybridized carbons (Fsp3) is 0.308. The smallest absolute Gasteiger partial charge is 0.307 e. The van der Waals surface area contributed by atoms with Crippen LogP contribution in [0.3, 0.4) is 0 Å². The Bertz CT molecular complexity index is 978. The summed E-state index contributed by atoms with van der Waals surface area (Å²) < 4.78 is 6.05. The molecule has 1 N–H and O–H groups in total. The van der Waals surface area contributed by atoms with Crippen molar-refractivity contribution >= 4 is 5.97 Å². The molecular weight excluding hydrogens is 388 g/mol. The van der Waals surface area contributed by atoms with E-state index in [1.165, 1.54) is 0 Å². The van der Waals surface area contributed by atoms with E-state index in [0.29, 0.717) is 13.2 Å². The van der Waals surface area contributed by atoms with E-state index in [1.807, 2.05) is 66.9 Å². The minimum atomic E-state index is -0.707. The molecule has 2 unspecified atom stereocenters. The van der Waals surface area contributed by atoms with Gasteiger partial charge in [0.2, 0.25) is 0 Å². The fourth-order valence-corrected chi connectivity index (χ4v) is 4.22. The van der Waals surface area contributed by atoms with Gasteiger partial charge in [0.1, 0.15) is 12.4 Å². The van der Waals surface area contributed by atoms with E-state index < -0.39 is 5.97 Å². The number of piperidine rings is 1. The molecule has 5 heteroatoms. The molecule has 31 heavy (non-hydrogen) atoms. The van der Waals surface area contributed by atoms with Gasteiger partial charge in [-0.25, -0.2) is 0 Å². The van der Waals surface area contributed by atoms with Crippen LogP contribution in [0.1, 0.15) is 35.7 Å². The second kappa shape index (κ2) is 10.2. The van der Waals surface area contributed by atoms with Crippen LogP contribution in [-0.4, -0.2) is 34.0 Å². The topological polar surface area (TPSA) is 62.7 Å². The van der Waals surface area contributed by atoms with E-state index in [4.69, 9.17) is 4.74 Å². The molecule has 1 aliphatic rings. The highest BCUT2D eigenvalue weighted by Gasteiger charge is 2.30. The molecule has 2 heterocycles. The molecule has 0 spiro atoms. The quantitative estimate of drug-likeness (QED) is 0.575. The van der Waals surface area contributed by atoms with E-state index in [0.717, 1.165) is 48.4 Å². The van der Waals surface area contributed by atoms with Gasteiger partial charge in [-0.2, -0.15) is 0 Å². The summed E-state index contributed by atoms with van der Waals surface area (Å²) >= 11 is 0. The zero-order chi connectivity index (χ0) is 21.5. The first kappa shape index (κ1) is 21.1. The van der Waals surface area contributed by atoms with E-state index in [2.05, 4.69) is 22.0 Å². The highest BCUT2D eigenvalue weighted by molar-refractivity contribution is 5.70. The second-order valence-corrected chi connectivity index (χ2v) is 8.06. The van der Waals surface area contributed by atoms with E-state index in [9.17, 15) is 9.90 Å². The summed E-state index contributed by atoms with van der Waals surface area (Å²) in [6.45, 7) is 1.96. The maximum Gasteiger partial charge on any atom is 0.307 e. The van der Waals surface area contributed by atoms with E-state index in [1.54, 1.807) is 0 Å². The van der Waals surface area contributed by atoms with Crippen molar-refractivity contribution in [2.75, 3.05) is 13.1 Å². The molecule has 1 aromatic heterocycles. The minimum Gasteiger partial charge on any atom is -0.489 e. The van der Waals surface area contributed by atoms with Gasteiger partial charge in [0.05, 0.1) is 5.92 Å². The SMILES string of the molecule is O=C(O)C1CCCN(C(Cc2ccccn2)c2cccc(OCc3ccccc3)c2)C1. The number of rotatable bonds is 8. The van der Waals surface area contributed by atoms with Gasteiger partial charge in [0, 0.05) is 30.9 Å². The number of likely N-dealkylation sites (tertiary alicyclic amines) is 1. The van der Waals surface area contributed by atoms with Crippen molar-refractivity contribution < 1.29 is 14.6 Å². The molecule has 0 radical (unpaired) electrons. The number of hydrogen-bond donors (Lipinski definition) is 1. The molecule has 0 saturated carbocycles. The van der Waals surface area contributed by atoms with Crippen molar-refractivity contribution in [2.45, 2.75) is 31.9 Å². The van der Waals surface area contributed by atoms with Gasteiger partial charge in [0.25, 0.3) is 0 Å². The molecular formula is C26H28N2O3. The Hall–Kier alpha value is -3.18. The third kappa shape index (κ3) is 5.70. The average molecular weight is 417 g/mol. The lowest BCUT2D eigenvalue weighted by Crippen LogP contribution is -2.41. The number of carbonyl (C=O) groups is 1. The van der Waals surface area contributed by atoms with Crippen molar-refractivity contribution in [3.63, 3.8) is 0 Å². The van der Waals surface area contributed by atoms with Crippen molar-refractivity contribution in [1.82, 2.24) is 9.88 Å². The number of carboxylic acid groups (broad SMARTS) is 1. The van der Waals surface area contributed by atoms with Gasteiger partial charge in [-0.15, -0.1) is 0 Å². The van der Waals surface area contributed by atoms with Crippen LogP contribution in [0.2, 0.25) is 0 Å². The van der Waals surface area contributed by atoms with Crippen molar-refractivity contribution in [1.29, 1.82) is 0 Å². The Labute approximate surface area is 183 Å². The minimum absolute atomic E-state index is 0.0531. The maximum atomic E-state index is 11.6. The van der Waals surface area contributed by atoms with Crippen LogP contribution >= 0.6 is 0 Å². The number of pyridine rings is 1. The first-order valence-corrected chi connectivity index (χ1v) is 10.8. The molecule has 4 rings (SSSR count). The van der Waals surface area contributed by atoms with Gasteiger partial charge in [-0.05, 0) is 54.8 Å². The molecule has 2 aromatic carbocycles. The van der Waals surface area contributed by atoms with Crippen LogP contribution in [0.25, 0.3) is 0 Å². The van der Waals surface area contributed by atoms with Gasteiger partial charge in [0.15, 0.2) is 0 Å². The normalized spacial score (nSPS) is 17.7. The standard InChI is InChI=1S/C26H28N2O3/c29-26(30)22-11-7-15-28(18-22)25(17-23-12-4-5-14-27-23)21-10-6-13-24(16-21)31-19-20-8-2-1-3-9-20/h1-6,8-10,12-14,16,22,25H,7,11,15,17-19H2,(H,29,30). The summed E-state index contributed by atoms with van der Waals surface area (Å²) in [6, 6.07) is 24.3. The third-order valence-electron chi connectivity index (χ3n) is 5.86. The Morgan fingerprint density at radius 3 is 2.71 bits per heavy atom. The van der Waals surface area contributed by atoms with Gasteiger partial charge in [-0.3, -0.25) is 14.7 Å². The van der Waals surface area contributed by atoms with Crippen LogP contribution in [0.15, 0.2) is 79.0 Å². The highest BCUT2D eigenvalue weighted by Crippen LogP contribution is 2.31. The molecule has 3 aromatic rings. The number of aliphatic carboxylic acids is 1. The van der Waals surface area contributed by atoms with Crippen molar-refractivity contribution in [3.8, 4) is 5.75 Å². The molecule has 5 nitrogen and oxygen atoms in total. The number of carboxylic acids is 1. The molecule has 2 atom stereocenters. The highest BCUT2D eigenvalue weighted by atomic mass is 16.5. The zero-order valence-corrected chi connectivity index (χ0v) is 17.6. The first-order valence-electron chi connectivity index (χ1n) is 10.8. The second-order valence-electron chi connectivity index (χ2n) is 8.06. The van der Waals surface area contributed by atoms with Crippen molar-refractivity contribution in [2.24, 2.45) is 5.92 Å². The first-order chi connectivity index (χ1) is 15.2. The molecule has 1 aliphatic heterocycles. The summed E-state index contributed by atoms with van der Waals surface area (Å²) in [6.07, 6.45) is 4.17. The van der Waals surface area contributed by atoms with Crippen LogP contribution < -0.4 is 4.74 Å². The van der Waals surface area contributed by atoms with Gasteiger partial charge < -0.3 is 9.84 Å². The molecule has 160 valence electrons. The Kier molecular flexibility index (Phi) is 6.95. The largest absolute Gasteiger partial charge is 0.489 e. The lowest BCUT2D eigenvalue weighted by atomic mass is 9.92. The number of benzene rings is 2. The summed E-state index contributed by atoms with van der Waals surface area (Å²) in [5.41, 5.74) is 3.25. The Morgan fingerprint density at radius 1 is 1.10 bits per heavy atom. The van der Waals surface area contributed by atoms with Gasteiger partial charge in [-0.1, -0.05) is 48.5 Å². The Morgan fingerprint density at radius 2 is 1.94 bits per heavy atom. The fourth-order valence-electron chi connectivity index (χ4n) is 4.22. The summed E-state index contributed by atoms with van der Waals surface area (Å²) in [5.74, 6) is -0.210. The Balaban J connectivity index is 1.56. The average Bonchev–Trinajstić information content (AvgIpc) is 2.83. The molecule has 1 saturated heterocycles. The summed E-state index contributed by atoms with van der Waals surface area (Å²) in [5, 5.41) is 9.56. The monoisotopic (exact) mass is 416 g/mol. The molecule has 0 aliphatic carbocycles. The number of hydrogen-bond acceptors (Lipinski definition) is 4. The van der Waals surface area contributed by atoms with Crippen LogP contribution in [0, 0.1) is 5.92 Å². The summed E-state index contributed by atoms with van der Waals surface area (Å²) in [4.78, 5) is 18.4. The lowest BCUT2D eigenvalue weighted by Gasteiger charge is -2.37.